The summed E-state index contributed by atoms with van der Waals surface area (Å²) in [4.78, 5) is 26.3. The number of halogens is 1. The number of carbonyl (C=O) groups excluding carboxylic acids is 2. The van der Waals surface area contributed by atoms with Crippen LogP contribution in [0, 0.1) is 0 Å². The molecule has 1 N–H and O–H groups in total. The van der Waals surface area contributed by atoms with Gasteiger partial charge in [-0.05, 0) is 31.5 Å². The van der Waals surface area contributed by atoms with Crippen molar-refractivity contribution in [2.24, 2.45) is 0 Å². The van der Waals surface area contributed by atoms with Crippen LogP contribution in [0.25, 0.3) is 5.70 Å². The predicted octanol–water partition coefficient (Wildman–Crippen LogP) is 5.04. The lowest BCUT2D eigenvalue weighted by molar-refractivity contribution is -0.138. The third-order valence-electron chi connectivity index (χ3n) is 5.39. The summed E-state index contributed by atoms with van der Waals surface area (Å²) in [7, 11) is 0. The lowest BCUT2D eigenvalue weighted by atomic mass is 9.80. The molecule has 0 saturated heterocycles. The summed E-state index contributed by atoms with van der Waals surface area (Å²) in [6.07, 6.45) is 1.63. The molecule has 0 spiro atoms. The first-order valence-electron chi connectivity index (χ1n) is 10.0. The van der Waals surface area contributed by atoms with Crippen LogP contribution in [0.3, 0.4) is 0 Å². The Labute approximate surface area is 186 Å². The summed E-state index contributed by atoms with van der Waals surface area (Å²) >= 11 is 6.47. The van der Waals surface area contributed by atoms with Crippen molar-refractivity contribution in [3.8, 4) is 5.75 Å². The molecule has 1 atom stereocenters. The highest BCUT2D eigenvalue weighted by atomic mass is 35.5. The molecule has 4 rings (SSSR count). The van der Waals surface area contributed by atoms with Gasteiger partial charge in [0.15, 0.2) is 5.78 Å². The number of rotatable bonds is 6. The van der Waals surface area contributed by atoms with E-state index in [1.807, 2.05) is 31.2 Å². The number of ketones is 1. The number of allylic oxidation sites excluding steroid dienone is 2. The molecule has 0 radical (unpaired) electrons. The molecule has 1 aliphatic carbocycles. The highest BCUT2D eigenvalue weighted by molar-refractivity contribution is 6.32. The van der Waals surface area contributed by atoms with Gasteiger partial charge in [0, 0.05) is 28.3 Å². The maximum Gasteiger partial charge on any atom is 0.336 e. The van der Waals surface area contributed by atoms with Crippen LogP contribution < -0.4 is 10.1 Å². The van der Waals surface area contributed by atoms with Crippen molar-refractivity contribution in [3.05, 3.63) is 93.7 Å². The zero-order chi connectivity index (χ0) is 22.1. The van der Waals surface area contributed by atoms with Crippen LogP contribution >= 0.6 is 11.6 Å². The van der Waals surface area contributed by atoms with E-state index in [2.05, 4.69) is 11.9 Å². The molecule has 0 bridgehead atoms. The Bertz CT molecular complexity index is 1160. The normalized spacial score (nSPS) is 17.1. The first kappa shape index (κ1) is 20.9. The van der Waals surface area contributed by atoms with E-state index in [-0.39, 0.29) is 12.4 Å². The molecule has 158 valence electrons. The quantitative estimate of drug-likeness (QED) is 0.509. The summed E-state index contributed by atoms with van der Waals surface area (Å²) in [6, 6.07) is 12.7. The summed E-state index contributed by atoms with van der Waals surface area (Å²) in [6.45, 7) is 7.77. The number of nitrogens with one attached hydrogen (secondary N) is 1. The second kappa shape index (κ2) is 8.44. The molecule has 5 nitrogen and oxygen atoms in total. The molecule has 0 aromatic heterocycles. The van der Waals surface area contributed by atoms with Crippen molar-refractivity contribution >= 4 is 29.1 Å². The standard InChI is InChI=1S/C25H22ClNO4/c1-4-12-31-19-11-10-15(13-18(19)26)21-20(25(29)30-5-2)14(3)27-23-16-8-6-7-9-17(16)24(28)22(21)23/h4,6-11,13,21,27H,1,5,12H2,2-3H3/t21-/m0/s1. The summed E-state index contributed by atoms with van der Waals surface area (Å²) in [5.41, 5.74) is 4.44. The SMILES string of the molecule is C=CCOc1ccc([C@H]2C(C(=O)OCC)=C(C)NC3=C2C(=O)c2ccccc23)cc1Cl. The molecular formula is C25H22ClNO4. The third-order valence-corrected chi connectivity index (χ3v) is 5.69. The molecule has 0 fully saturated rings. The molecule has 0 unspecified atom stereocenters. The van der Waals surface area contributed by atoms with Gasteiger partial charge in [-0.15, -0.1) is 0 Å². The van der Waals surface area contributed by atoms with E-state index in [1.54, 1.807) is 31.2 Å². The van der Waals surface area contributed by atoms with Gasteiger partial charge in [0.25, 0.3) is 0 Å². The Morgan fingerprint density at radius 1 is 1.23 bits per heavy atom. The number of carbonyl (C=O) groups is 2. The fourth-order valence-corrected chi connectivity index (χ4v) is 4.35. The van der Waals surface area contributed by atoms with Gasteiger partial charge in [0.05, 0.1) is 22.9 Å². The van der Waals surface area contributed by atoms with Crippen LogP contribution in [0.5, 0.6) is 5.75 Å². The fraction of sp³-hybridized carbons (Fsp3) is 0.200. The van der Waals surface area contributed by atoms with Crippen molar-refractivity contribution in [3.63, 3.8) is 0 Å². The van der Waals surface area contributed by atoms with Crippen LogP contribution in [0.2, 0.25) is 5.02 Å². The average molecular weight is 436 g/mol. The smallest absolute Gasteiger partial charge is 0.336 e. The maximum absolute atomic E-state index is 13.4. The highest BCUT2D eigenvalue weighted by Gasteiger charge is 2.43. The van der Waals surface area contributed by atoms with Crippen LogP contribution in [-0.2, 0) is 9.53 Å². The van der Waals surface area contributed by atoms with E-state index in [1.165, 1.54) is 0 Å². The molecule has 1 aliphatic heterocycles. The van der Waals surface area contributed by atoms with E-state index in [4.69, 9.17) is 21.1 Å². The zero-order valence-electron chi connectivity index (χ0n) is 17.3. The number of fused-ring (bicyclic) bond motifs is 2. The minimum atomic E-state index is -0.610. The Morgan fingerprint density at radius 3 is 2.65 bits per heavy atom. The van der Waals surface area contributed by atoms with Gasteiger partial charge in [-0.1, -0.05) is 54.6 Å². The Hall–Kier alpha value is -3.31. The van der Waals surface area contributed by atoms with Gasteiger partial charge in [-0.3, -0.25) is 4.79 Å². The number of Topliss-reactive ketones (excluding diaryl/α,β-unsaturated/α-hetero) is 1. The highest BCUT2D eigenvalue weighted by Crippen LogP contribution is 2.47. The van der Waals surface area contributed by atoms with E-state index in [9.17, 15) is 9.59 Å². The predicted molar refractivity (Wildman–Crippen MR) is 120 cm³/mol. The molecule has 2 aromatic rings. The van der Waals surface area contributed by atoms with E-state index >= 15 is 0 Å². The Morgan fingerprint density at radius 2 is 1.97 bits per heavy atom. The first-order chi connectivity index (χ1) is 15.0. The third kappa shape index (κ3) is 3.55. The zero-order valence-corrected chi connectivity index (χ0v) is 18.1. The molecule has 0 saturated carbocycles. The van der Waals surface area contributed by atoms with E-state index in [0.29, 0.717) is 45.3 Å². The molecule has 0 amide bonds. The number of dihydropyridines is 1. The molecule has 2 aromatic carbocycles. The topological polar surface area (TPSA) is 64.6 Å². The second-order valence-corrected chi connectivity index (χ2v) is 7.68. The number of benzene rings is 2. The van der Waals surface area contributed by atoms with Crippen LogP contribution in [0.4, 0.5) is 0 Å². The summed E-state index contributed by atoms with van der Waals surface area (Å²) < 4.78 is 10.9. The monoisotopic (exact) mass is 435 g/mol. The van der Waals surface area contributed by atoms with Gasteiger partial charge >= 0.3 is 5.97 Å². The Kier molecular flexibility index (Phi) is 5.70. The molecule has 6 heteroatoms. The van der Waals surface area contributed by atoms with E-state index in [0.717, 1.165) is 11.3 Å². The average Bonchev–Trinajstić information content (AvgIpc) is 3.04. The van der Waals surface area contributed by atoms with Crippen LogP contribution in [0.1, 0.15) is 41.3 Å². The number of hydrogen-bond donors (Lipinski definition) is 1. The maximum atomic E-state index is 13.4. The van der Waals surface area contributed by atoms with Gasteiger partial charge in [-0.2, -0.15) is 0 Å². The van der Waals surface area contributed by atoms with Crippen LogP contribution in [0.15, 0.2) is 72.0 Å². The van der Waals surface area contributed by atoms with Gasteiger partial charge in [0.2, 0.25) is 0 Å². The van der Waals surface area contributed by atoms with Gasteiger partial charge in [-0.25, -0.2) is 4.79 Å². The van der Waals surface area contributed by atoms with Gasteiger partial charge in [0.1, 0.15) is 12.4 Å². The number of hydrogen-bond acceptors (Lipinski definition) is 5. The largest absolute Gasteiger partial charge is 0.488 e. The van der Waals surface area contributed by atoms with E-state index < -0.39 is 11.9 Å². The first-order valence-corrected chi connectivity index (χ1v) is 10.4. The molecular weight excluding hydrogens is 414 g/mol. The van der Waals surface area contributed by atoms with Crippen LogP contribution in [-0.4, -0.2) is 25.0 Å². The van der Waals surface area contributed by atoms with Crippen molar-refractivity contribution in [2.45, 2.75) is 19.8 Å². The van der Waals surface area contributed by atoms with Crippen molar-refractivity contribution in [1.29, 1.82) is 0 Å². The lowest BCUT2D eigenvalue weighted by Gasteiger charge is -2.29. The number of esters is 1. The van der Waals surface area contributed by atoms with Crippen molar-refractivity contribution < 1.29 is 19.1 Å². The number of ether oxygens (including phenoxy) is 2. The van der Waals surface area contributed by atoms with Crippen molar-refractivity contribution in [2.75, 3.05) is 13.2 Å². The van der Waals surface area contributed by atoms with Gasteiger partial charge < -0.3 is 14.8 Å². The molecule has 31 heavy (non-hydrogen) atoms. The fourth-order valence-electron chi connectivity index (χ4n) is 4.10. The lowest BCUT2D eigenvalue weighted by Crippen LogP contribution is -2.29. The minimum absolute atomic E-state index is 0.111. The van der Waals surface area contributed by atoms with Crippen molar-refractivity contribution in [1.82, 2.24) is 5.32 Å². The molecule has 2 aliphatic rings. The minimum Gasteiger partial charge on any atom is -0.488 e. The summed E-state index contributed by atoms with van der Waals surface area (Å²) in [5.74, 6) is -0.676. The Balaban J connectivity index is 1.87. The second-order valence-electron chi connectivity index (χ2n) is 7.27. The molecule has 1 heterocycles. The summed E-state index contributed by atoms with van der Waals surface area (Å²) in [5, 5.41) is 3.67.